The molecule has 0 unspecified atom stereocenters. The van der Waals surface area contributed by atoms with Crippen molar-refractivity contribution < 1.29 is 0 Å². The summed E-state index contributed by atoms with van der Waals surface area (Å²) < 4.78 is 2.88. The molecular weight excluding hydrogens is 316 g/mol. The van der Waals surface area contributed by atoms with Gasteiger partial charge in [0.15, 0.2) is 0 Å². The van der Waals surface area contributed by atoms with Crippen LogP contribution in [0.15, 0.2) is 36.4 Å². The van der Waals surface area contributed by atoms with Crippen LogP contribution in [-0.4, -0.2) is 0 Å². The minimum absolute atomic E-state index is 0.566. The molecule has 0 fully saturated rings. The van der Waals surface area contributed by atoms with Crippen LogP contribution in [0.5, 0.6) is 0 Å². The van der Waals surface area contributed by atoms with Crippen molar-refractivity contribution in [3.05, 3.63) is 46.2 Å². The third-order valence-electron chi connectivity index (χ3n) is 4.91. The molecule has 3 aromatic carbocycles. The standard InChI is InChI=1S/C21H18S2/c1-4-14-17-12-7-5-10-16-19(12)20(21(23-16)11(2)3)13-8-6-9-15(22-14)18(13)17/h5-11H,4H2,1-3H3. The zero-order valence-corrected chi connectivity index (χ0v) is 15.2. The van der Waals surface area contributed by atoms with Gasteiger partial charge in [-0.05, 0) is 35.2 Å². The summed E-state index contributed by atoms with van der Waals surface area (Å²) in [4.78, 5) is 3.07. The lowest BCUT2D eigenvalue weighted by atomic mass is 9.93. The van der Waals surface area contributed by atoms with E-state index in [4.69, 9.17) is 0 Å². The lowest BCUT2D eigenvalue weighted by Crippen LogP contribution is -1.86. The van der Waals surface area contributed by atoms with Crippen LogP contribution in [0.3, 0.4) is 0 Å². The molecular formula is C21H18S2. The maximum atomic E-state index is 2.33. The third-order valence-corrected chi connectivity index (χ3v) is 7.67. The van der Waals surface area contributed by atoms with Crippen LogP contribution in [0.1, 0.15) is 36.4 Å². The van der Waals surface area contributed by atoms with Crippen molar-refractivity contribution in [2.75, 3.05) is 0 Å². The fourth-order valence-electron chi connectivity index (χ4n) is 3.99. The van der Waals surface area contributed by atoms with Gasteiger partial charge in [-0.1, -0.05) is 45.0 Å². The van der Waals surface area contributed by atoms with Gasteiger partial charge in [-0.25, -0.2) is 0 Å². The first-order chi connectivity index (χ1) is 11.2. The van der Waals surface area contributed by atoms with E-state index in [9.17, 15) is 0 Å². The Kier molecular flexibility index (Phi) is 2.80. The number of hydrogen-bond acceptors (Lipinski definition) is 2. The molecule has 0 saturated carbocycles. The number of hydrogen-bond donors (Lipinski definition) is 0. The Labute approximate surface area is 143 Å². The van der Waals surface area contributed by atoms with Crippen molar-refractivity contribution >= 4 is 64.4 Å². The summed E-state index contributed by atoms with van der Waals surface area (Å²) in [6, 6.07) is 13.7. The van der Waals surface area contributed by atoms with Gasteiger partial charge < -0.3 is 0 Å². The van der Waals surface area contributed by atoms with Crippen molar-refractivity contribution in [3.63, 3.8) is 0 Å². The summed E-state index contributed by atoms with van der Waals surface area (Å²) in [7, 11) is 0. The molecule has 2 heteroatoms. The summed E-state index contributed by atoms with van der Waals surface area (Å²) in [5, 5.41) is 8.93. The molecule has 0 N–H and O–H groups in total. The monoisotopic (exact) mass is 334 g/mol. The largest absolute Gasteiger partial charge is 0.140 e. The van der Waals surface area contributed by atoms with Crippen molar-refractivity contribution in [2.24, 2.45) is 0 Å². The fraction of sp³-hybridized carbons (Fsp3) is 0.238. The molecule has 0 atom stereocenters. The highest BCUT2D eigenvalue weighted by molar-refractivity contribution is 7.21. The molecule has 0 aliphatic rings. The van der Waals surface area contributed by atoms with Crippen molar-refractivity contribution in [2.45, 2.75) is 33.1 Å². The van der Waals surface area contributed by atoms with Gasteiger partial charge in [0.1, 0.15) is 0 Å². The Morgan fingerprint density at radius 1 is 0.783 bits per heavy atom. The Morgan fingerprint density at radius 3 is 2.04 bits per heavy atom. The molecule has 0 aliphatic carbocycles. The molecule has 0 bridgehead atoms. The van der Waals surface area contributed by atoms with Crippen LogP contribution in [0.25, 0.3) is 41.7 Å². The van der Waals surface area contributed by atoms with Crippen LogP contribution in [0.2, 0.25) is 0 Å². The normalized spacial score (nSPS) is 12.7. The number of rotatable bonds is 2. The average Bonchev–Trinajstić information content (AvgIpc) is 3.12. The molecule has 0 radical (unpaired) electrons. The van der Waals surface area contributed by atoms with Gasteiger partial charge in [-0.15, -0.1) is 22.7 Å². The van der Waals surface area contributed by atoms with E-state index in [2.05, 4.69) is 57.2 Å². The molecule has 2 aromatic heterocycles. The van der Waals surface area contributed by atoms with Gasteiger partial charge >= 0.3 is 0 Å². The van der Waals surface area contributed by atoms with Crippen LogP contribution in [0.4, 0.5) is 0 Å². The third kappa shape index (κ3) is 1.66. The zero-order chi connectivity index (χ0) is 15.7. The Morgan fingerprint density at radius 2 is 1.39 bits per heavy atom. The predicted molar refractivity (Wildman–Crippen MR) is 107 cm³/mol. The zero-order valence-electron chi connectivity index (χ0n) is 13.6. The van der Waals surface area contributed by atoms with Gasteiger partial charge in [0, 0.05) is 40.7 Å². The molecule has 0 saturated heterocycles. The number of thiophene rings is 2. The maximum Gasteiger partial charge on any atom is 0.0358 e. The van der Waals surface area contributed by atoms with Crippen LogP contribution < -0.4 is 0 Å². The maximum absolute atomic E-state index is 2.33. The van der Waals surface area contributed by atoms with E-state index < -0.39 is 0 Å². The molecule has 0 nitrogen and oxygen atoms in total. The lowest BCUT2D eigenvalue weighted by Gasteiger charge is -2.09. The van der Waals surface area contributed by atoms with Gasteiger partial charge in [0.05, 0.1) is 0 Å². The van der Waals surface area contributed by atoms with E-state index >= 15 is 0 Å². The van der Waals surface area contributed by atoms with Crippen molar-refractivity contribution in [3.8, 4) is 0 Å². The first-order valence-corrected chi connectivity index (χ1v) is 9.94. The summed E-state index contributed by atoms with van der Waals surface area (Å²) in [6.07, 6.45) is 1.11. The SMILES string of the molecule is CCc1sc2cccc3c4c(C(C)C)sc5cccc(c1c23)c54. The van der Waals surface area contributed by atoms with Gasteiger partial charge in [0.25, 0.3) is 0 Å². The fourth-order valence-corrected chi connectivity index (χ4v) is 6.42. The quantitative estimate of drug-likeness (QED) is 0.292. The number of fused-ring (bicyclic) bond motifs is 2. The summed E-state index contributed by atoms with van der Waals surface area (Å²) in [5.41, 5.74) is 0. The molecule has 2 heterocycles. The Balaban J connectivity index is 2.21. The minimum Gasteiger partial charge on any atom is -0.140 e. The topological polar surface area (TPSA) is 0 Å². The summed E-state index contributed by atoms with van der Waals surface area (Å²) >= 11 is 3.96. The molecule has 23 heavy (non-hydrogen) atoms. The molecule has 5 aromatic rings. The van der Waals surface area contributed by atoms with Gasteiger partial charge in [0.2, 0.25) is 0 Å². The minimum atomic E-state index is 0.566. The van der Waals surface area contributed by atoms with Crippen molar-refractivity contribution in [1.82, 2.24) is 0 Å². The lowest BCUT2D eigenvalue weighted by molar-refractivity contribution is 0.898. The van der Waals surface area contributed by atoms with E-state index in [0.717, 1.165) is 6.42 Å². The smallest absolute Gasteiger partial charge is 0.0358 e. The van der Waals surface area contributed by atoms with E-state index in [1.165, 1.54) is 51.5 Å². The number of benzene rings is 3. The molecule has 0 aliphatic heterocycles. The highest BCUT2D eigenvalue weighted by Gasteiger charge is 2.21. The van der Waals surface area contributed by atoms with E-state index in [-0.39, 0.29) is 0 Å². The average molecular weight is 335 g/mol. The van der Waals surface area contributed by atoms with E-state index in [0.29, 0.717) is 5.92 Å². The highest BCUT2D eigenvalue weighted by Crippen LogP contribution is 2.49. The summed E-state index contributed by atoms with van der Waals surface area (Å²) in [5.74, 6) is 0.566. The first-order valence-electron chi connectivity index (χ1n) is 8.31. The van der Waals surface area contributed by atoms with Crippen molar-refractivity contribution in [1.29, 1.82) is 0 Å². The molecule has 0 amide bonds. The molecule has 5 rings (SSSR count). The second-order valence-electron chi connectivity index (χ2n) is 6.61. The highest BCUT2D eigenvalue weighted by atomic mass is 32.1. The molecule has 0 spiro atoms. The van der Waals surface area contributed by atoms with Crippen LogP contribution >= 0.6 is 22.7 Å². The summed E-state index contributed by atoms with van der Waals surface area (Å²) in [6.45, 7) is 6.92. The Bertz CT molecular complexity index is 1170. The van der Waals surface area contributed by atoms with E-state index in [1.54, 1.807) is 0 Å². The Hall–Kier alpha value is -1.64. The molecule has 114 valence electrons. The van der Waals surface area contributed by atoms with Crippen LogP contribution in [0, 0.1) is 0 Å². The van der Waals surface area contributed by atoms with E-state index in [1.807, 2.05) is 22.7 Å². The number of aryl methyl sites for hydroxylation is 1. The van der Waals surface area contributed by atoms with Crippen LogP contribution in [-0.2, 0) is 6.42 Å². The van der Waals surface area contributed by atoms with Gasteiger partial charge in [-0.3, -0.25) is 0 Å². The first kappa shape index (κ1) is 13.8. The van der Waals surface area contributed by atoms with Gasteiger partial charge in [-0.2, -0.15) is 0 Å². The second kappa shape index (κ2) is 4.68. The second-order valence-corrected chi connectivity index (χ2v) is 8.83. The predicted octanol–water partition coefficient (Wildman–Crippen LogP) is 7.55.